The van der Waals surface area contributed by atoms with Crippen LogP contribution in [-0.2, 0) is 17.2 Å². The Morgan fingerprint density at radius 2 is 2.00 bits per heavy atom. The van der Waals surface area contributed by atoms with Gasteiger partial charge in [-0.1, -0.05) is 6.57 Å². The van der Waals surface area contributed by atoms with Crippen molar-refractivity contribution in [1.29, 1.82) is 0 Å². The highest BCUT2D eigenvalue weighted by Crippen LogP contribution is 2.35. The van der Waals surface area contributed by atoms with E-state index in [0.717, 1.165) is 4.57 Å². The number of fused-ring (bicyclic) bond motifs is 1. The van der Waals surface area contributed by atoms with E-state index in [2.05, 4.69) is 29.9 Å². The highest BCUT2D eigenvalue weighted by Gasteiger charge is 2.49. The molecule has 122 valence electrons. The van der Waals surface area contributed by atoms with Crippen molar-refractivity contribution in [3.63, 3.8) is 0 Å². The molecular formula is C11H5BrF3N3O4S. The van der Waals surface area contributed by atoms with Crippen LogP contribution < -0.4 is 9.74 Å². The third-order valence-electron chi connectivity index (χ3n) is 2.72. The van der Waals surface area contributed by atoms with Crippen molar-refractivity contribution < 1.29 is 25.8 Å². The van der Waals surface area contributed by atoms with Gasteiger partial charge in [0.1, 0.15) is 4.47 Å². The molecule has 0 bridgehead atoms. The summed E-state index contributed by atoms with van der Waals surface area (Å²) in [4.78, 5) is 18.7. The van der Waals surface area contributed by atoms with E-state index in [1.807, 2.05) is 0 Å². The number of rotatable bonds is 2. The quantitative estimate of drug-likeness (QED) is 0.430. The second kappa shape index (κ2) is 5.50. The van der Waals surface area contributed by atoms with Crippen LogP contribution in [0, 0.1) is 6.57 Å². The molecule has 0 spiro atoms. The minimum absolute atomic E-state index is 0.00188. The van der Waals surface area contributed by atoms with Crippen LogP contribution in [0.15, 0.2) is 21.4 Å². The number of hydrogen-bond donors (Lipinski definition) is 0. The molecule has 2 aromatic rings. The lowest BCUT2D eigenvalue weighted by atomic mass is 10.3. The maximum Gasteiger partial charge on any atom is 0.534 e. The zero-order valence-electron chi connectivity index (χ0n) is 11.0. The number of halogens is 4. The Balaban J connectivity index is 2.88. The van der Waals surface area contributed by atoms with Crippen LogP contribution in [0.25, 0.3) is 15.9 Å². The molecule has 0 aromatic carbocycles. The first-order chi connectivity index (χ1) is 10.5. The Morgan fingerprint density at radius 1 is 1.39 bits per heavy atom. The van der Waals surface area contributed by atoms with Crippen LogP contribution in [-0.4, -0.2) is 23.5 Å². The van der Waals surface area contributed by atoms with Gasteiger partial charge in [0.15, 0.2) is 0 Å². The molecule has 23 heavy (non-hydrogen) atoms. The summed E-state index contributed by atoms with van der Waals surface area (Å²) in [7, 11) is -4.71. The molecule has 0 fully saturated rings. The molecule has 0 aliphatic rings. The van der Waals surface area contributed by atoms with E-state index in [-0.39, 0.29) is 16.9 Å². The van der Waals surface area contributed by atoms with Gasteiger partial charge in [-0.3, -0.25) is 4.79 Å². The van der Waals surface area contributed by atoms with Crippen LogP contribution in [0.1, 0.15) is 0 Å². The highest BCUT2D eigenvalue weighted by molar-refractivity contribution is 9.10. The molecule has 2 aromatic heterocycles. The molecule has 0 atom stereocenters. The average molecular weight is 412 g/mol. The van der Waals surface area contributed by atoms with Gasteiger partial charge in [-0.15, -0.1) is 4.98 Å². The second-order valence-electron chi connectivity index (χ2n) is 4.14. The Hall–Kier alpha value is -2.13. The highest BCUT2D eigenvalue weighted by atomic mass is 79.9. The van der Waals surface area contributed by atoms with E-state index < -0.39 is 31.4 Å². The van der Waals surface area contributed by atoms with Crippen LogP contribution in [0.5, 0.6) is 5.75 Å². The Labute approximate surface area is 135 Å². The molecule has 0 aliphatic carbocycles. The van der Waals surface area contributed by atoms with Gasteiger partial charge in [0, 0.05) is 7.05 Å². The number of aryl methyl sites for hydroxylation is 1. The molecule has 0 saturated heterocycles. The number of aromatic nitrogens is 2. The van der Waals surface area contributed by atoms with E-state index in [1.54, 1.807) is 0 Å². The lowest BCUT2D eigenvalue weighted by molar-refractivity contribution is -0.0499. The predicted octanol–water partition coefficient (Wildman–Crippen LogP) is 2.48. The van der Waals surface area contributed by atoms with Gasteiger partial charge in [0.25, 0.3) is 11.4 Å². The van der Waals surface area contributed by atoms with Crippen LogP contribution in [0.4, 0.5) is 19.0 Å². The summed E-state index contributed by atoms with van der Waals surface area (Å²) in [5, 5.41) is 0. The topological polar surface area (TPSA) is 82.6 Å². The summed E-state index contributed by atoms with van der Waals surface area (Å²) in [5.74, 6) is -1.14. The largest absolute Gasteiger partial charge is 0.534 e. The first kappa shape index (κ1) is 17.2. The van der Waals surface area contributed by atoms with E-state index in [4.69, 9.17) is 6.57 Å². The smallest absolute Gasteiger partial charge is 0.370 e. The van der Waals surface area contributed by atoms with Crippen molar-refractivity contribution in [2.45, 2.75) is 5.51 Å². The van der Waals surface area contributed by atoms with Gasteiger partial charge in [0.05, 0.1) is 5.52 Å². The van der Waals surface area contributed by atoms with Crippen molar-refractivity contribution in [3.05, 3.63) is 38.4 Å². The zero-order chi connectivity index (χ0) is 17.6. The fraction of sp³-hybridized carbons (Fsp3) is 0.182. The fourth-order valence-corrected chi connectivity index (χ4v) is 2.75. The Bertz CT molecular complexity index is 1010. The number of alkyl halides is 3. The first-order valence-corrected chi connectivity index (χ1v) is 7.77. The summed E-state index contributed by atoms with van der Waals surface area (Å²) >= 11 is 2.71. The van der Waals surface area contributed by atoms with Gasteiger partial charge < -0.3 is 13.6 Å². The van der Waals surface area contributed by atoms with E-state index in [9.17, 15) is 26.4 Å². The molecule has 2 rings (SSSR count). The van der Waals surface area contributed by atoms with Crippen LogP contribution >= 0.6 is 15.9 Å². The van der Waals surface area contributed by atoms with E-state index in [1.165, 1.54) is 19.2 Å². The zero-order valence-corrected chi connectivity index (χ0v) is 13.5. The second-order valence-corrected chi connectivity index (χ2v) is 6.47. The predicted molar refractivity (Wildman–Crippen MR) is 76.5 cm³/mol. The lowest BCUT2D eigenvalue weighted by Crippen LogP contribution is -2.29. The molecule has 0 saturated carbocycles. The van der Waals surface area contributed by atoms with Crippen molar-refractivity contribution in [2.75, 3.05) is 0 Å². The van der Waals surface area contributed by atoms with E-state index >= 15 is 0 Å². The molecule has 12 heteroatoms. The van der Waals surface area contributed by atoms with Gasteiger partial charge >= 0.3 is 15.6 Å². The molecule has 2 heterocycles. The van der Waals surface area contributed by atoms with Crippen molar-refractivity contribution >= 4 is 42.9 Å². The maximum atomic E-state index is 12.5. The summed E-state index contributed by atoms with van der Waals surface area (Å²) in [6.45, 7) is 6.86. The third kappa shape index (κ3) is 2.89. The summed E-state index contributed by atoms with van der Waals surface area (Å²) < 4.78 is 64.4. The Morgan fingerprint density at radius 3 is 2.52 bits per heavy atom. The fourth-order valence-electron chi connectivity index (χ4n) is 1.63. The van der Waals surface area contributed by atoms with Crippen molar-refractivity contribution in [3.8, 4) is 5.75 Å². The van der Waals surface area contributed by atoms with Gasteiger partial charge in [-0.05, 0) is 28.1 Å². The molecule has 7 nitrogen and oxygen atoms in total. The lowest BCUT2D eigenvalue weighted by Gasteiger charge is -2.12. The summed E-state index contributed by atoms with van der Waals surface area (Å²) in [5.41, 5.74) is -6.89. The van der Waals surface area contributed by atoms with Gasteiger partial charge in [-0.2, -0.15) is 21.6 Å². The third-order valence-corrected chi connectivity index (χ3v) is 4.37. The molecule has 0 radical (unpaired) electrons. The summed E-state index contributed by atoms with van der Waals surface area (Å²) in [6.07, 6.45) is 0. The normalized spacial score (nSPS) is 12.2. The molecule has 0 N–H and O–H groups in total. The SMILES string of the molecule is [C-]#[N+]c1ccc2c(n1)c(OS(=O)(=O)C(F)(F)F)c(Br)c(=O)n2C. The Kier molecular flexibility index (Phi) is 4.12. The average Bonchev–Trinajstić information content (AvgIpc) is 2.47. The molecule has 0 amide bonds. The van der Waals surface area contributed by atoms with Crippen LogP contribution in [0.3, 0.4) is 0 Å². The maximum absolute atomic E-state index is 12.5. The minimum Gasteiger partial charge on any atom is -0.370 e. The van der Waals surface area contributed by atoms with Crippen molar-refractivity contribution in [2.24, 2.45) is 7.05 Å². The molecule has 0 unspecified atom stereocenters. The number of hydrogen-bond acceptors (Lipinski definition) is 5. The van der Waals surface area contributed by atoms with Gasteiger partial charge in [-0.25, -0.2) is 0 Å². The van der Waals surface area contributed by atoms with Crippen LogP contribution in [0.2, 0.25) is 0 Å². The summed E-state index contributed by atoms with van der Waals surface area (Å²) in [6, 6.07) is 2.47. The molecule has 0 aliphatic heterocycles. The van der Waals surface area contributed by atoms with Gasteiger partial charge in [0.2, 0.25) is 11.3 Å². The number of nitrogens with zero attached hydrogens (tertiary/aromatic N) is 3. The van der Waals surface area contributed by atoms with E-state index in [0.29, 0.717) is 0 Å². The standard InChI is InChI=1S/C11H5BrF3N3O4S/c1-16-6-4-3-5-8(17-6)9(7(12)10(19)18(5)2)22-23(20,21)11(13,14)15/h3-4H,2H3. The monoisotopic (exact) mass is 411 g/mol. The van der Waals surface area contributed by atoms with Crippen molar-refractivity contribution in [1.82, 2.24) is 9.55 Å². The first-order valence-electron chi connectivity index (χ1n) is 5.57. The number of pyridine rings is 2. The molecular weight excluding hydrogens is 407 g/mol. The minimum atomic E-state index is -6.01.